The zero-order valence-electron chi connectivity index (χ0n) is 12.4. The van der Waals surface area contributed by atoms with Gasteiger partial charge in [0.25, 0.3) is 0 Å². The zero-order valence-corrected chi connectivity index (χ0v) is 12.4. The standard InChI is InChI=1S/C14H26N2O4/c1-10(2)7-11(8-13(17)18)9-15-14(19)16-12-3-5-20-6-4-12/h10-12H,3-9H2,1-2H3,(H,17,18)(H2,15,16,19). The van der Waals surface area contributed by atoms with E-state index < -0.39 is 5.97 Å². The first-order chi connectivity index (χ1) is 9.47. The van der Waals surface area contributed by atoms with Crippen LogP contribution >= 0.6 is 0 Å². The molecule has 0 aromatic heterocycles. The predicted octanol–water partition coefficient (Wildman–Crippen LogP) is 1.60. The molecule has 1 saturated heterocycles. The molecule has 1 heterocycles. The Morgan fingerprint density at radius 1 is 1.30 bits per heavy atom. The number of hydrogen-bond donors (Lipinski definition) is 3. The minimum atomic E-state index is -0.817. The van der Waals surface area contributed by atoms with E-state index >= 15 is 0 Å². The minimum absolute atomic E-state index is 0.0204. The van der Waals surface area contributed by atoms with Crippen molar-refractivity contribution < 1.29 is 19.4 Å². The van der Waals surface area contributed by atoms with Crippen LogP contribution in [0.25, 0.3) is 0 Å². The van der Waals surface area contributed by atoms with Crippen LogP contribution in [-0.4, -0.2) is 42.9 Å². The van der Waals surface area contributed by atoms with Crippen LogP contribution in [0.2, 0.25) is 0 Å². The average molecular weight is 286 g/mol. The van der Waals surface area contributed by atoms with Gasteiger partial charge in [-0.1, -0.05) is 13.8 Å². The van der Waals surface area contributed by atoms with Crippen LogP contribution in [0.3, 0.4) is 0 Å². The molecule has 0 aromatic rings. The van der Waals surface area contributed by atoms with Crippen molar-refractivity contribution in [1.82, 2.24) is 10.6 Å². The van der Waals surface area contributed by atoms with Crippen molar-refractivity contribution >= 4 is 12.0 Å². The number of rotatable bonds is 7. The van der Waals surface area contributed by atoms with Gasteiger partial charge in [-0.15, -0.1) is 0 Å². The van der Waals surface area contributed by atoms with Crippen molar-refractivity contribution in [3.05, 3.63) is 0 Å². The van der Waals surface area contributed by atoms with Crippen molar-refractivity contribution in [3.63, 3.8) is 0 Å². The van der Waals surface area contributed by atoms with Crippen LogP contribution < -0.4 is 10.6 Å². The van der Waals surface area contributed by atoms with E-state index in [1.807, 2.05) is 0 Å². The van der Waals surface area contributed by atoms with Crippen molar-refractivity contribution in [1.29, 1.82) is 0 Å². The summed E-state index contributed by atoms with van der Waals surface area (Å²) in [6, 6.07) is -0.0529. The van der Waals surface area contributed by atoms with E-state index in [9.17, 15) is 9.59 Å². The lowest BCUT2D eigenvalue weighted by Crippen LogP contribution is -2.45. The molecule has 1 rings (SSSR count). The average Bonchev–Trinajstić information content (AvgIpc) is 2.36. The Labute approximate surface area is 120 Å². The summed E-state index contributed by atoms with van der Waals surface area (Å²) in [4.78, 5) is 22.6. The fourth-order valence-electron chi connectivity index (χ4n) is 2.47. The lowest BCUT2D eigenvalue weighted by molar-refractivity contribution is -0.138. The molecule has 0 spiro atoms. The second-order valence-corrected chi connectivity index (χ2v) is 5.83. The van der Waals surface area contributed by atoms with Gasteiger partial charge in [-0.05, 0) is 31.1 Å². The predicted molar refractivity (Wildman–Crippen MR) is 75.6 cm³/mol. The monoisotopic (exact) mass is 286 g/mol. The number of nitrogens with one attached hydrogen (secondary N) is 2. The maximum atomic E-state index is 11.8. The third-order valence-electron chi connectivity index (χ3n) is 3.38. The van der Waals surface area contributed by atoms with E-state index in [2.05, 4.69) is 24.5 Å². The van der Waals surface area contributed by atoms with Gasteiger partial charge in [0, 0.05) is 32.2 Å². The molecular formula is C14H26N2O4. The number of ether oxygens (including phenoxy) is 1. The van der Waals surface area contributed by atoms with Crippen LogP contribution in [-0.2, 0) is 9.53 Å². The molecule has 0 saturated carbocycles. The molecule has 6 heteroatoms. The van der Waals surface area contributed by atoms with Gasteiger partial charge in [0.15, 0.2) is 0 Å². The van der Waals surface area contributed by atoms with Gasteiger partial charge < -0.3 is 20.5 Å². The molecule has 0 aliphatic carbocycles. The summed E-state index contributed by atoms with van der Waals surface area (Å²) in [5.74, 6) is -0.421. The maximum Gasteiger partial charge on any atom is 0.315 e. The molecule has 0 aromatic carbocycles. The molecule has 6 nitrogen and oxygen atoms in total. The van der Waals surface area contributed by atoms with Gasteiger partial charge in [-0.2, -0.15) is 0 Å². The summed E-state index contributed by atoms with van der Waals surface area (Å²) in [7, 11) is 0. The zero-order chi connectivity index (χ0) is 15.0. The number of carbonyl (C=O) groups is 2. The highest BCUT2D eigenvalue weighted by molar-refractivity contribution is 5.74. The Morgan fingerprint density at radius 2 is 1.95 bits per heavy atom. The van der Waals surface area contributed by atoms with E-state index in [0.717, 1.165) is 19.3 Å². The molecule has 1 atom stereocenters. The van der Waals surface area contributed by atoms with Gasteiger partial charge in [0.05, 0.1) is 0 Å². The van der Waals surface area contributed by atoms with Crippen molar-refractivity contribution in [2.24, 2.45) is 11.8 Å². The number of aliphatic carboxylic acids is 1. The second-order valence-electron chi connectivity index (χ2n) is 5.83. The summed E-state index contributed by atoms with van der Waals surface area (Å²) in [6.07, 6.45) is 2.55. The fourth-order valence-corrected chi connectivity index (χ4v) is 2.47. The number of carbonyl (C=O) groups excluding carboxylic acids is 1. The number of hydrogen-bond acceptors (Lipinski definition) is 3. The van der Waals surface area contributed by atoms with Crippen LogP contribution in [0.4, 0.5) is 4.79 Å². The van der Waals surface area contributed by atoms with Gasteiger partial charge in [0.1, 0.15) is 0 Å². The summed E-state index contributed by atoms with van der Waals surface area (Å²) in [6.45, 7) is 5.87. The molecule has 1 fully saturated rings. The first-order valence-corrected chi connectivity index (χ1v) is 7.31. The highest BCUT2D eigenvalue weighted by atomic mass is 16.5. The van der Waals surface area contributed by atoms with E-state index in [0.29, 0.717) is 25.7 Å². The van der Waals surface area contributed by atoms with Crippen molar-refractivity contribution in [2.75, 3.05) is 19.8 Å². The first kappa shape index (κ1) is 16.8. The first-order valence-electron chi connectivity index (χ1n) is 7.31. The van der Waals surface area contributed by atoms with E-state index in [-0.39, 0.29) is 24.4 Å². The van der Waals surface area contributed by atoms with Crippen LogP contribution in [0.15, 0.2) is 0 Å². The maximum absolute atomic E-state index is 11.8. The lowest BCUT2D eigenvalue weighted by atomic mass is 9.94. The molecule has 1 aliphatic rings. The Bertz CT molecular complexity index is 314. The topological polar surface area (TPSA) is 87.7 Å². The summed E-state index contributed by atoms with van der Waals surface area (Å²) in [5.41, 5.74) is 0. The Hall–Kier alpha value is -1.30. The Kier molecular flexibility index (Phi) is 7.36. The molecule has 0 bridgehead atoms. The quantitative estimate of drug-likeness (QED) is 0.663. The fraction of sp³-hybridized carbons (Fsp3) is 0.857. The van der Waals surface area contributed by atoms with Crippen LogP contribution in [0.1, 0.15) is 39.5 Å². The number of amides is 2. The highest BCUT2D eigenvalue weighted by Crippen LogP contribution is 2.14. The van der Waals surface area contributed by atoms with Gasteiger partial charge in [-0.3, -0.25) is 4.79 Å². The largest absolute Gasteiger partial charge is 0.481 e. The smallest absolute Gasteiger partial charge is 0.315 e. The normalized spacial score (nSPS) is 17.8. The molecule has 3 N–H and O–H groups in total. The lowest BCUT2D eigenvalue weighted by Gasteiger charge is -2.24. The molecule has 1 aliphatic heterocycles. The minimum Gasteiger partial charge on any atom is -0.481 e. The van der Waals surface area contributed by atoms with E-state index in [1.165, 1.54) is 0 Å². The molecular weight excluding hydrogens is 260 g/mol. The molecule has 20 heavy (non-hydrogen) atoms. The van der Waals surface area contributed by atoms with Crippen molar-refractivity contribution in [3.8, 4) is 0 Å². The van der Waals surface area contributed by atoms with Gasteiger partial charge >= 0.3 is 12.0 Å². The molecule has 116 valence electrons. The third kappa shape index (κ3) is 7.33. The number of carboxylic acid groups (broad SMARTS) is 1. The van der Waals surface area contributed by atoms with Crippen LogP contribution in [0, 0.1) is 11.8 Å². The highest BCUT2D eigenvalue weighted by Gasteiger charge is 2.18. The Balaban J connectivity index is 2.29. The Morgan fingerprint density at radius 3 is 2.50 bits per heavy atom. The molecule has 2 amide bonds. The van der Waals surface area contributed by atoms with Gasteiger partial charge in [-0.25, -0.2) is 4.79 Å². The summed E-state index contributed by atoms with van der Waals surface area (Å²) in [5, 5.41) is 14.6. The summed E-state index contributed by atoms with van der Waals surface area (Å²) >= 11 is 0. The number of urea groups is 1. The van der Waals surface area contributed by atoms with E-state index in [1.54, 1.807) is 0 Å². The second kappa shape index (κ2) is 8.79. The molecule has 0 radical (unpaired) electrons. The number of carboxylic acids is 1. The summed E-state index contributed by atoms with van der Waals surface area (Å²) < 4.78 is 5.23. The SMILES string of the molecule is CC(C)CC(CNC(=O)NC1CCOCC1)CC(=O)O. The van der Waals surface area contributed by atoms with Gasteiger partial charge in [0.2, 0.25) is 0 Å². The van der Waals surface area contributed by atoms with E-state index in [4.69, 9.17) is 9.84 Å². The van der Waals surface area contributed by atoms with Crippen LogP contribution in [0.5, 0.6) is 0 Å². The third-order valence-corrected chi connectivity index (χ3v) is 3.38. The van der Waals surface area contributed by atoms with Crippen molar-refractivity contribution in [2.45, 2.75) is 45.6 Å². The molecule has 1 unspecified atom stereocenters.